The molecule has 0 unspecified atom stereocenters. The number of hydrogen-bond donors (Lipinski definition) is 0. The highest BCUT2D eigenvalue weighted by Crippen LogP contribution is 2.45. The Bertz CT molecular complexity index is 3080. The van der Waals surface area contributed by atoms with Crippen molar-refractivity contribution in [2.45, 2.75) is 61.7 Å². The van der Waals surface area contributed by atoms with Crippen LogP contribution in [0.4, 0.5) is 0 Å². The first-order valence-corrected chi connectivity index (χ1v) is 33.3. The van der Waals surface area contributed by atoms with E-state index in [0.29, 0.717) is 72.1 Å². The molecule has 0 atom stereocenters. The molecule has 9 rings (SSSR count). The normalized spacial score (nSPS) is 11.9. The van der Waals surface area contributed by atoms with Gasteiger partial charge in [-0.05, 0) is 149 Å². The van der Waals surface area contributed by atoms with Crippen molar-refractivity contribution in [2.24, 2.45) is 5.41 Å². The highest BCUT2D eigenvalue weighted by atomic mass is 16.5. The number of ether oxygens (including phenoxy) is 13. The largest absolute Gasteiger partial charge is 0.497 e. The minimum Gasteiger partial charge on any atom is -0.497 e. The fraction of sp³-hybridized carbons (Fsp3) is 0.337. The predicted octanol–water partition coefficient (Wildman–Crippen LogP) is 16.7. The molecule has 0 aliphatic rings. The average molecular weight is 1300 g/mol. The molecule has 9 aromatic rings. The van der Waals surface area contributed by atoms with E-state index in [1.807, 2.05) is 127 Å². The first kappa shape index (κ1) is 71.8. The Balaban J connectivity index is 0.964. The second-order valence-electron chi connectivity index (χ2n) is 23.7. The Morgan fingerprint density at radius 2 is 0.438 bits per heavy atom. The van der Waals surface area contributed by atoms with E-state index in [0.717, 1.165) is 110 Å². The van der Waals surface area contributed by atoms with Crippen LogP contribution in [0.2, 0.25) is 0 Å². The van der Waals surface area contributed by atoms with Crippen LogP contribution in [0.3, 0.4) is 0 Å². The molecular weight excluding hydrogens is 1200 g/mol. The van der Waals surface area contributed by atoms with Gasteiger partial charge in [-0.25, -0.2) is 0 Å². The van der Waals surface area contributed by atoms with E-state index in [4.69, 9.17) is 61.6 Å². The summed E-state index contributed by atoms with van der Waals surface area (Å²) < 4.78 is 82.7. The summed E-state index contributed by atoms with van der Waals surface area (Å²) in [6.07, 6.45) is 5.57. The van der Waals surface area contributed by atoms with Crippen molar-refractivity contribution in [2.75, 3.05) is 115 Å². The van der Waals surface area contributed by atoms with E-state index in [1.54, 1.807) is 42.7 Å². The summed E-state index contributed by atoms with van der Waals surface area (Å²) in [5.74, 6) is 4.52. The van der Waals surface area contributed by atoms with Crippen LogP contribution in [-0.4, -0.2) is 115 Å². The number of hydrogen-bond acceptors (Lipinski definition) is 13. The van der Waals surface area contributed by atoms with Gasteiger partial charge >= 0.3 is 0 Å². The zero-order chi connectivity index (χ0) is 67.2. The number of unbranched alkanes of at least 4 members (excludes halogenated alkanes) is 3. The number of benzene rings is 9. The van der Waals surface area contributed by atoms with Gasteiger partial charge in [0.25, 0.3) is 0 Å². The van der Waals surface area contributed by atoms with Crippen LogP contribution in [0.5, 0.6) is 34.5 Å². The Labute approximate surface area is 569 Å². The topological polar surface area (TPSA) is 120 Å². The average Bonchev–Trinajstić information content (AvgIpc) is 0.774. The molecular formula is C83H95O13. The number of methoxy groups -OCH3 is 6. The van der Waals surface area contributed by atoms with Crippen molar-refractivity contribution in [3.63, 3.8) is 0 Å². The van der Waals surface area contributed by atoms with Gasteiger partial charge in [-0.1, -0.05) is 190 Å². The quantitative estimate of drug-likeness (QED) is 0.0267. The molecule has 0 amide bonds. The fourth-order valence-corrected chi connectivity index (χ4v) is 12.3. The Morgan fingerprint density at radius 3 is 0.646 bits per heavy atom. The molecule has 96 heavy (non-hydrogen) atoms. The van der Waals surface area contributed by atoms with Crippen LogP contribution in [0.25, 0.3) is 0 Å². The standard InChI is InChI=1S/C83H95O13/c1-8-9-10-20-54-90-61-80(62-91-55-21-58-94-81(65-24-14-11-15-25-65,68-30-42-74(84-2)43-31-68)69-32-44-75(85-3)45-33-69,63-92-56-22-59-95-82(66-26-16-12-17-27-66,70-34-46-76(86-4)47-35-70)71-36-48-77(87-5)49-37-71)64-93-57-23-60-96-83(67-28-18-13-19-29-67,72-38-50-78(88-6)51-39-72)73-40-52-79(89-7)53-41-73/h11-19,24-53H,1,8-10,20-23,54-64H2,2-7H3. The molecule has 0 saturated heterocycles. The van der Waals surface area contributed by atoms with Crippen molar-refractivity contribution in [1.82, 2.24) is 0 Å². The Hall–Kier alpha value is -8.50. The fourth-order valence-electron chi connectivity index (χ4n) is 12.3. The van der Waals surface area contributed by atoms with E-state index >= 15 is 0 Å². The Morgan fingerprint density at radius 1 is 0.229 bits per heavy atom. The lowest BCUT2D eigenvalue weighted by Crippen LogP contribution is -2.42. The van der Waals surface area contributed by atoms with Crippen molar-refractivity contribution >= 4 is 0 Å². The number of rotatable bonds is 43. The highest BCUT2D eigenvalue weighted by Gasteiger charge is 2.41. The Kier molecular flexibility index (Phi) is 27.8. The summed E-state index contributed by atoms with van der Waals surface area (Å²) >= 11 is 0. The highest BCUT2D eigenvalue weighted by molar-refractivity contribution is 5.53. The summed E-state index contributed by atoms with van der Waals surface area (Å²) in [4.78, 5) is 0. The summed E-state index contributed by atoms with van der Waals surface area (Å²) in [5, 5.41) is 0. The smallest absolute Gasteiger partial charge is 0.143 e. The summed E-state index contributed by atoms with van der Waals surface area (Å²) in [5.41, 5.74) is 5.02. The van der Waals surface area contributed by atoms with Crippen LogP contribution in [-0.2, 0) is 50.0 Å². The lowest BCUT2D eigenvalue weighted by Gasteiger charge is -2.36. The molecule has 0 bridgehead atoms. The van der Waals surface area contributed by atoms with Gasteiger partial charge in [0.05, 0.1) is 94.3 Å². The third-order valence-electron chi connectivity index (χ3n) is 17.4. The van der Waals surface area contributed by atoms with E-state index in [1.165, 1.54) is 0 Å². The van der Waals surface area contributed by atoms with Gasteiger partial charge < -0.3 is 61.6 Å². The van der Waals surface area contributed by atoms with Crippen LogP contribution in [0.1, 0.15) is 95.0 Å². The molecule has 0 aliphatic carbocycles. The molecule has 1 radical (unpaired) electrons. The van der Waals surface area contributed by atoms with Crippen LogP contribution >= 0.6 is 0 Å². The maximum Gasteiger partial charge on any atom is 0.143 e. The molecule has 0 saturated carbocycles. The van der Waals surface area contributed by atoms with Crippen molar-refractivity contribution < 1.29 is 61.6 Å². The van der Waals surface area contributed by atoms with Crippen LogP contribution in [0, 0.1) is 12.3 Å². The molecule has 0 spiro atoms. The second kappa shape index (κ2) is 37.1. The monoisotopic (exact) mass is 1300 g/mol. The van der Waals surface area contributed by atoms with Gasteiger partial charge in [0, 0.05) is 26.4 Å². The van der Waals surface area contributed by atoms with E-state index < -0.39 is 22.2 Å². The molecule has 13 heteroatoms. The zero-order valence-corrected chi connectivity index (χ0v) is 56.8. The maximum absolute atomic E-state index is 7.26. The van der Waals surface area contributed by atoms with Gasteiger partial charge in [0.1, 0.15) is 51.3 Å². The molecule has 0 aliphatic heterocycles. The van der Waals surface area contributed by atoms with Crippen LogP contribution < -0.4 is 28.4 Å². The minimum absolute atomic E-state index is 0.289. The third-order valence-corrected chi connectivity index (χ3v) is 17.4. The summed E-state index contributed by atoms with van der Waals surface area (Å²) in [6.45, 7) is 8.12. The zero-order valence-electron chi connectivity index (χ0n) is 56.8. The summed E-state index contributed by atoms with van der Waals surface area (Å²) in [6, 6.07) is 79.5. The molecule has 505 valence electrons. The lowest BCUT2D eigenvalue weighted by atomic mass is 9.80. The van der Waals surface area contributed by atoms with E-state index in [9.17, 15) is 0 Å². The molecule has 0 aromatic heterocycles. The predicted molar refractivity (Wildman–Crippen MR) is 378 cm³/mol. The molecule has 13 nitrogen and oxygen atoms in total. The van der Waals surface area contributed by atoms with Gasteiger partial charge in [-0.15, -0.1) is 0 Å². The van der Waals surface area contributed by atoms with E-state index in [2.05, 4.69) is 116 Å². The third kappa shape index (κ3) is 18.1. The van der Waals surface area contributed by atoms with E-state index in [-0.39, 0.29) is 19.8 Å². The lowest BCUT2D eigenvalue weighted by molar-refractivity contribution is -0.113. The molecule has 0 heterocycles. The van der Waals surface area contributed by atoms with Gasteiger partial charge in [-0.3, -0.25) is 0 Å². The van der Waals surface area contributed by atoms with Gasteiger partial charge in [0.15, 0.2) is 0 Å². The minimum atomic E-state index is -0.978. The van der Waals surface area contributed by atoms with Crippen molar-refractivity contribution in [1.29, 1.82) is 0 Å². The first-order chi connectivity index (χ1) is 47.2. The van der Waals surface area contributed by atoms with Gasteiger partial charge in [-0.2, -0.15) is 0 Å². The SMILES string of the molecule is [CH2]CCCCCOCC(COCCCOC(c1ccccc1)(c1ccc(OC)cc1)c1ccc(OC)cc1)(COCCCOC(c1ccccc1)(c1ccc(OC)cc1)c1ccc(OC)cc1)COCCCOC(c1ccccc1)(c1ccc(OC)cc1)c1ccc(OC)cc1. The second-order valence-corrected chi connectivity index (χ2v) is 23.7. The van der Waals surface area contributed by atoms with Gasteiger partial charge in [0.2, 0.25) is 0 Å². The summed E-state index contributed by atoms with van der Waals surface area (Å²) in [7, 11) is 10.0. The first-order valence-electron chi connectivity index (χ1n) is 33.3. The molecule has 0 fully saturated rings. The molecule has 9 aromatic carbocycles. The van der Waals surface area contributed by atoms with Crippen molar-refractivity contribution in [3.8, 4) is 34.5 Å². The molecule has 0 N–H and O–H groups in total. The van der Waals surface area contributed by atoms with Crippen LogP contribution in [0.15, 0.2) is 237 Å². The maximum atomic E-state index is 7.26. The van der Waals surface area contributed by atoms with Crippen molar-refractivity contribution in [3.05, 3.63) is 294 Å².